The SMILES string of the molecule is Cc1ccc(C(=O)[C@@H]2CCC(C)OC2)c(F)c1C(F)(F)F. The maximum absolute atomic E-state index is 14.1. The van der Waals surface area contributed by atoms with Crippen molar-refractivity contribution in [2.24, 2.45) is 5.92 Å². The van der Waals surface area contributed by atoms with Crippen LogP contribution in [0.3, 0.4) is 0 Å². The molecule has 1 aliphatic heterocycles. The molecule has 1 unspecified atom stereocenters. The summed E-state index contributed by atoms with van der Waals surface area (Å²) in [4.78, 5) is 12.2. The van der Waals surface area contributed by atoms with Crippen molar-refractivity contribution in [2.75, 3.05) is 6.61 Å². The summed E-state index contributed by atoms with van der Waals surface area (Å²) in [6.07, 6.45) is -3.67. The molecule has 2 atom stereocenters. The first-order valence-electron chi connectivity index (χ1n) is 6.74. The third kappa shape index (κ3) is 3.26. The maximum Gasteiger partial charge on any atom is 0.419 e. The minimum absolute atomic E-state index is 0.0163. The molecule has 2 rings (SSSR count). The van der Waals surface area contributed by atoms with Crippen molar-refractivity contribution in [3.8, 4) is 0 Å². The Kier molecular flexibility index (Phi) is 4.37. The Morgan fingerprint density at radius 3 is 2.48 bits per heavy atom. The zero-order valence-electron chi connectivity index (χ0n) is 11.8. The van der Waals surface area contributed by atoms with Crippen molar-refractivity contribution in [1.82, 2.24) is 0 Å². The van der Waals surface area contributed by atoms with Gasteiger partial charge in [-0.05, 0) is 38.3 Å². The van der Waals surface area contributed by atoms with Gasteiger partial charge in [0.1, 0.15) is 5.82 Å². The molecule has 1 saturated heterocycles. The van der Waals surface area contributed by atoms with Crippen LogP contribution in [0.15, 0.2) is 12.1 Å². The smallest absolute Gasteiger partial charge is 0.378 e. The molecule has 0 aromatic heterocycles. The van der Waals surface area contributed by atoms with E-state index in [1.807, 2.05) is 6.92 Å². The number of carbonyl (C=O) groups is 1. The lowest BCUT2D eigenvalue weighted by molar-refractivity contribution is -0.140. The van der Waals surface area contributed by atoms with Gasteiger partial charge in [0.2, 0.25) is 0 Å². The first kappa shape index (κ1) is 15.9. The van der Waals surface area contributed by atoms with Crippen LogP contribution in [-0.2, 0) is 10.9 Å². The lowest BCUT2D eigenvalue weighted by Gasteiger charge is -2.26. The van der Waals surface area contributed by atoms with Gasteiger partial charge in [0.15, 0.2) is 5.78 Å². The minimum atomic E-state index is -4.82. The molecule has 1 aromatic carbocycles. The third-order valence-electron chi connectivity index (χ3n) is 3.77. The average Bonchev–Trinajstić information content (AvgIpc) is 2.37. The summed E-state index contributed by atoms with van der Waals surface area (Å²) in [5, 5.41) is 0. The first-order chi connectivity index (χ1) is 9.71. The van der Waals surface area contributed by atoms with Gasteiger partial charge in [-0.15, -0.1) is 0 Å². The van der Waals surface area contributed by atoms with E-state index in [9.17, 15) is 22.4 Å². The normalized spacial score (nSPS) is 23.1. The highest BCUT2D eigenvalue weighted by Crippen LogP contribution is 2.36. The van der Waals surface area contributed by atoms with Gasteiger partial charge in [0.25, 0.3) is 0 Å². The molecule has 0 aliphatic carbocycles. The summed E-state index contributed by atoms with van der Waals surface area (Å²) in [6.45, 7) is 3.15. The van der Waals surface area contributed by atoms with Crippen molar-refractivity contribution >= 4 is 5.78 Å². The number of ketones is 1. The highest BCUT2D eigenvalue weighted by Gasteiger charge is 2.38. The lowest BCUT2D eigenvalue weighted by Crippen LogP contribution is -2.30. The highest BCUT2D eigenvalue weighted by molar-refractivity contribution is 5.98. The maximum atomic E-state index is 14.1. The predicted octanol–water partition coefficient (Wildman–Crippen LogP) is 4.15. The van der Waals surface area contributed by atoms with Gasteiger partial charge < -0.3 is 4.74 Å². The quantitative estimate of drug-likeness (QED) is 0.606. The van der Waals surface area contributed by atoms with Gasteiger partial charge in [0.05, 0.1) is 23.8 Å². The number of alkyl halides is 3. The Morgan fingerprint density at radius 1 is 1.29 bits per heavy atom. The summed E-state index contributed by atoms with van der Waals surface area (Å²) < 4.78 is 58.1. The Balaban J connectivity index is 2.34. The van der Waals surface area contributed by atoms with Crippen LogP contribution in [0.2, 0.25) is 0 Å². The predicted molar refractivity (Wildman–Crippen MR) is 68.6 cm³/mol. The highest BCUT2D eigenvalue weighted by atomic mass is 19.4. The Morgan fingerprint density at radius 2 is 1.95 bits per heavy atom. The van der Waals surface area contributed by atoms with Crippen LogP contribution in [0.5, 0.6) is 0 Å². The topological polar surface area (TPSA) is 26.3 Å². The van der Waals surface area contributed by atoms with E-state index >= 15 is 0 Å². The van der Waals surface area contributed by atoms with E-state index in [0.717, 1.165) is 12.1 Å². The second kappa shape index (κ2) is 5.75. The van der Waals surface area contributed by atoms with Crippen molar-refractivity contribution in [3.05, 3.63) is 34.6 Å². The molecule has 6 heteroatoms. The zero-order chi connectivity index (χ0) is 15.8. The molecule has 1 fully saturated rings. The van der Waals surface area contributed by atoms with E-state index in [4.69, 9.17) is 4.74 Å². The van der Waals surface area contributed by atoms with Gasteiger partial charge in [-0.3, -0.25) is 4.79 Å². The molecule has 0 saturated carbocycles. The second-order valence-corrected chi connectivity index (χ2v) is 5.40. The number of hydrogen-bond donors (Lipinski definition) is 0. The van der Waals surface area contributed by atoms with E-state index in [-0.39, 0.29) is 18.3 Å². The Hall–Kier alpha value is -1.43. The fraction of sp³-hybridized carbons (Fsp3) is 0.533. The number of ether oxygens (including phenoxy) is 1. The lowest BCUT2D eigenvalue weighted by atomic mass is 9.89. The number of rotatable bonds is 2. The number of halogens is 4. The summed E-state index contributed by atoms with van der Waals surface area (Å²) in [6, 6.07) is 2.26. The van der Waals surface area contributed by atoms with Crippen molar-refractivity contribution in [1.29, 1.82) is 0 Å². The molecular formula is C15H16F4O2. The van der Waals surface area contributed by atoms with E-state index in [2.05, 4.69) is 0 Å². The fourth-order valence-electron chi connectivity index (χ4n) is 2.52. The van der Waals surface area contributed by atoms with Crippen LogP contribution in [0.1, 0.15) is 41.3 Å². The van der Waals surface area contributed by atoms with Crippen LogP contribution < -0.4 is 0 Å². The van der Waals surface area contributed by atoms with Crippen LogP contribution in [0.4, 0.5) is 17.6 Å². The molecule has 0 bridgehead atoms. The summed E-state index contributed by atoms with van der Waals surface area (Å²) in [5.41, 5.74) is -2.10. The van der Waals surface area contributed by atoms with Crippen LogP contribution in [0, 0.1) is 18.7 Å². The molecule has 0 spiro atoms. The number of aryl methyl sites for hydroxylation is 1. The fourth-order valence-corrected chi connectivity index (χ4v) is 2.52. The molecule has 116 valence electrons. The van der Waals surface area contributed by atoms with Gasteiger partial charge >= 0.3 is 6.18 Å². The van der Waals surface area contributed by atoms with E-state index in [1.54, 1.807) is 0 Å². The Labute approximate surface area is 120 Å². The third-order valence-corrected chi connectivity index (χ3v) is 3.77. The zero-order valence-corrected chi connectivity index (χ0v) is 11.8. The number of carbonyl (C=O) groups excluding carboxylic acids is 1. The van der Waals surface area contributed by atoms with Gasteiger partial charge in [-0.1, -0.05) is 6.07 Å². The first-order valence-corrected chi connectivity index (χ1v) is 6.74. The van der Waals surface area contributed by atoms with E-state index in [0.29, 0.717) is 12.8 Å². The number of benzene rings is 1. The largest absolute Gasteiger partial charge is 0.419 e. The summed E-state index contributed by atoms with van der Waals surface area (Å²) in [7, 11) is 0. The number of hydrogen-bond acceptors (Lipinski definition) is 2. The molecule has 1 aliphatic rings. The van der Waals surface area contributed by atoms with Crippen LogP contribution in [0.25, 0.3) is 0 Å². The molecule has 0 radical (unpaired) electrons. The standard InChI is InChI=1S/C15H16F4O2/c1-8-3-6-11(13(16)12(8)15(17,18)19)14(20)10-5-4-9(2)21-7-10/h3,6,9-10H,4-5,7H2,1-2H3/t9?,10-/m1/s1. The van der Waals surface area contributed by atoms with Crippen LogP contribution in [-0.4, -0.2) is 18.5 Å². The van der Waals surface area contributed by atoms with Gasteiger partial charge in [-0.2, -0.15) is 13.2 Å². The van der Waals surface area contributed by atoms with Crippen molar-refractivity contribution in [2.45, 2.75) is 39.0 Å². The molecule has 1 aromatic rings. The van der Waals surface area contributed by atoms with Gasteiger partial charge in [-0.25, -0.2) is 4.39 Å². The monoisotopic (exact) mass is 304 g/mol. The molecule has 2 nitrogen and oxygen atoms in total. The summed E-state index contributed by atoms with van der Waals surface area (Å²) >= 11 is 0. The number of Topliss-reactive ketones (excluding diaryl/α,β-unsaturated/α-hetero) is 1. The van der Waals surface area contributed by atoms with Crippen molar-refractivity contribution in [3.63, 3.8) is 0 Å². The molecular weight excluding hydrogens is 288 g/mol. The average molecular weight is 304 g/mol. The van der Waals surface area contributed by atoms with Crippen LogP contribution >= 0.6 is 0 Å². The van der Waals surface area contributed by atoms with Crippen molar-refractivity contribution < 1.29 is 27.1 Å². The molecule has 21 heavy (non-hydrogen) atoms. The van der Waals surface area contributed by atoms with E-state index in [1.165, 1.54) is 6.92 Å². The van der Waals surface area contributed by atoms with E-state index < -0.39 is 34.8 Å². The summed E-state index contributed by atoms with van der Waals surface area (Å²) in [5.74, 6) is -2.68. The second-order valence-electron chi connectivity index (χ2n) is 5.40. The Bertz CT molecular complexity index is 543. The van der Waals surface area contributed by atoms with Gasteiger partial charge in [0, 0.05) is 5.92 Å². The molecule has 0 N–H and O–H groups in total. The molecule has 0 amide bonds. The molecule has 1 heterocycles. The minimum Gasteiger partial charge on any atom is -0.378 e.